The monoisotopic (exact) mass is 491 g/mol. The number of alkyl carbamates (subject to hydrolysis) is 1. The summed E-state index contributed by atoms with van der Waals surface area (Å²) in [5.74, 6) is -0.150. The van der Waals surface area contributed by atoms with E-state index in [0.717, 1.165) is 28.3 Å². The van der Waals surface area contributed by atoms with Gasteiger partial charge in [-0.3, -0.25) is 0 Å². The summed E-state index contributed by atoms with van der Waals surface area (Å²) in [6, 6.07) is 18.5. The van der Waals surface area contributed by atoms with Gasteiger partial charge in [0, 0.05) is 12.5 Å². The first-order chi connectivity index (χ1) is 16.2. The molecule has 5 nitrogen and oxygen atoms in total. The maximum atomic E-state index is 13.0. The standard InChI is InChI=1S/C25H21ClF3NO4/c26-21-10-9-14(11-20(21)25(27,28)29)23(32)22(31)12-30-24(33)34-13-19-17-7-3-1-5-15(17)16-6-2-4-8-18(16)19/h1-11,19,22-23,31-32H,12-13H2,(H,30,33). The van der Waals surface area contributed by atoms with Crippen LogP contribution in [0.25, 0.3) is 11.1 Å². The molecule has 3 N–H and O–H groups in total. The molecule has 178 valence electrons. The Bertz CT molecular complexity index is 1160. The molecule has 0 saturated heterocycles. The Balaban J connectivity index is 1.35. The zero-order valence-electron chi connectivity index (χ0n) is 17.7. The van der Waals surface area contributed by atoms with Crippen LogP contribution in [0.1, 0.15) is 34.3 Å². The molecule has 1 aliphatic carbocycles. The lowest BCUT2D eigenvalue weighted by atomic mass is 9.98. The van der Waals surface area contributed by atoms with Gasteiger partial charge < -0.3 is 20.3 Å². The number of rotatable bonds is 6. The molecule has 4 rings (SSSR count). The molecular formula is C25H21ClF3NO4. The number of benzene rings is 3. The third kappa shape index (κ3) is 4.89. The Hall–Kier alpha value is -3.07. The second kappa shape index (κ2) is 9.66. The van der Waals surface area contributed by atoms with Crippen molar-refractivity contribution in [1.29, 1.82) is 0 Å². The fraction of sp³-hybridized carbons (Fsp3) is 0.240. The van der Waals surface area contributed by atoms with Crippen molar-refractivity contribution in [2.75, 3.05) is 13.2 Å². The third-order valence-electron chi connectivity index (χ3n) is 5.80. The summed E-state index contributed by atoms with van der Waals surface area (Å²) in [5.41, 5.74) is 2.92. The number of hydrogen-bond acceptors (Lipinski definition) is 4. The number of hydrogen-bond donors (Lipinski definition) is 3. The molecule has 0 radical (unpaired) electrons. The molecule has 0 spiro atoms. The molecule has 0 aliphatic heterocycles. The van der Waals surface area contributed by atoms with Crippen molar-refractivity contribution in [2.24, 2.45) is 0 Å². The van der Waals surface area contributed by atoms with E-state index < -0.39 is 41.6 Å². The van der Waals surface area contributed by atoms with Gasteiger partial charge in [0.15, 0.2) is 0 Å². The molecule has 0 bridgehead atoms. The normalized spacial score (nSPS) is 14.8. The first-order valence-electron chi connectivity index (χ1n) is 10.5. The number of fused-ring (bicyclic) bond motifs is 3. The van der Waals surface area contributed by atoms with Gasteiger partial charge in [0.05, 0.1) is 10.6 Å². The molecule has 3 aromatic rings. The van der Waals surface area contributed by atoms with Crippen LogP contribution in [-0.4, -0.2) is 35.6 Å². The largest absolute Gasteiger partial charge is 0.449 e. The molecule has 34 heavy (non-hydrogen) atoms. The Morgan fingerprint density at radius 2 is 1.59 bits per heavy atom. The van der Waals surface area contributed by atoms with Crippen molar-refractivity contribution in [3.63, 3.8) is 0 Å². The van der Waals surface area contributed by atoms with Gasteiger partial charge in [-0.1, -0.05) is 66.2 Å². The number of nitrogens with one attached hydrogen (secondary N) is 1. The quantitative estimate of drug-likeness (QED) is 0.438. The fourth-order valence-corrected chi connectivity index (χ4v) is 4.34. The van der Waals surface area contributed by atoms with Gasteiger partial charge >= 0.3 is 12.3 Å². The minimum atomic E-state index is -4.71. The van der Waals surface area contributed by atoms with Crippen LogP contribution in [0.2, 0.25) is 5.02 Å². The second-order valence-corrected chi connectivity index (χ2v) is 8.36. The average Bonchev–Trinajstić information content (AvgIpc) is 3.14. The van der Waals surface area contributed by atoms with E-state index in [4.69, 9.17) is 16.3 Å². The summed E-state index contributed by atoms with van der Waals surface area (Å²) >= 11 is 5.58. The third-order valence-corrected chi connectivity index (χ3v) is 6.13. The Morgan fingerprint density at radius 1 is 1.00 bits per heavy atom. The van der Waals surface area contributed by atoms with Crippen LogP contribution >= 0.6 is 11.6 Å². The Labute approximate surface area is 198 Å². The minimum absolute atomic E-state index is 0.0602. The van der Waals surface area contributed by atoms with Crippen LogP contribution < -0.4 is 5.32 Å². The summed E-state index contributed by atoms with van der Waals surface area (Å²) in [6.45, 7) is -0.369. The van der Waals surface area contributed by atoms with E-state index in [-0.39, 0.29) is 18.1 Å². The lowest BCUT2D eigenvalue weighted by Crippen LogP contribution is -2.36. The van der Waals surface area contributed by atoms with Crippen LogP contribution in [0.5, 0.6) is 0 Å². The maximum Gasteiger partial charge on any atom is 0.417 e. The smallest absolute Gasteiger partial charge is 0.417 e. The molecule has 2 atom stereocenters. The number of halogens is 4. The van der Waals surface area contributed by atoms with E-state index >= 15 is 0 Å². The zero-order valence-corrected chi connectivity index (χ0v) is 18.5. The van der Waals surface area contributed by atoms with Crippen LogP contribution in [0.15, 0.2) is 66.7 Å². The highest BCUT2D eigenvalue weighted by atomic mass is 35.5. The first-order valence-corrected chi connectivity index (χ1v) is 10.9. The Kier molecular flexibility index (Phi) is 6.84. The highest BCUT2D eigenvalue weighted by Gasteiger charge is 2.34. The van der Waals surface area contributed by atoms with Crippen LogP contribution in [0, 0.1) is 0 Å². The number of alkyl halides is 3. The summed E-state index contributed by atoms with van der Waals surface area (Å²) < 4.78 is 44.5. The van der Waals surface area contributed by atoms with Gasteiger partial charge in [0.1, 0.15) is 18.8 Å². The minimum Gasteiger partial charge on any atom is -0.449 e. The van der Waals surface area contributed by atoms with E-state index in [1.54, 1.807) is 0 Å². The molecule has 2 unspecified atom stereocenters. The predicted octanol–water partition coefficient (Wildman–Crippen LogP) is 5.29. The van der Waals surface area contributed by atoms with Crippen LogP contribution in [0.4, 0.5) is 18.0 Å². The molecule has 0 fully saturated rings. The van der Waals surface area contributed by atoms with E-state index in [2.05, 4.69) is 5.32 Å². The van der Waals surface area contributed by atoms with Crippen molar-refractivity contribution in [2.45, 2.75) is 24.3 Å². The van der Waals surface area contributed by atoms with Gasteiger partial charge in [-0.15, -0.1) is 0 Å². The zero-order chi connectivity index (χ0) is 24.5. The first kappa shape index (κ1) is 24.1. The van der Waals surface area contributed by atoms with Gasteiger partial charge in [0.2, 0.25) is 0 Å². The molecular weight excluding hydrogens is 471 g/mol. The summed E-state index contributed by atoms with van der Waals surface area (Å²) in [7, 11) is 0. The van der Waals surface area contributed by atoms with Crippen molar-refractivity contribution in [3.05, 3.63) is 94.0 Å². The molecule has 0 heterocycles. The van der Waals surface area contributed by atoms with Gasteiger partial charge in [-0.05, 0) is 39.9 Å². The molecule has 3 aromatic carbocycles. The lowest BCUT2D eigenvalue weighted by Gasteiger charge is -2.20. The van der Waals surface area contributed by atoms with Gasteiger partial charge in [0.25, 0.3) is 0 Å². The number of carbonyl (C=O) groups is 1. The SMILES string of the molecule is O=C(NCC(O)C(O)c1ccc(Cl)c(C(F)(F)F)c1)OCC1c2ccccc2-c2ccccc21. The number of amides is 1. The summed E-state index contributed by atoms with van der Waals surface area (Å²) in [6.07, 6.45) is -8.77. The number of ether oxygens (including phenoxy) is 1. The van der Waals surface area contributed by atoms with Crippen molar-refractivity contribution < 1.29 is 32.9 Å². The summed E-state index contributed by atoms with van der Waals surface area (Å²) in [5, 5.41) is 22.3. The number of aliphatic hydroxyl groups is 2. The van der Waals surface area contributed by atoms with E-state index in [1.807, 2.05) is 48.5 Å². The maximum absolute atomic E-state index is 13.0. The molecule has 0 saturated carbocycles. The highest BCUT2D eigenvalue weighted by Crippen LogP contribution is 2.44. The fourth-order valence-electron chi connectivity index (χ4n) is 4.12. The van der Waals surface area contributed by atoms with Crippen molar-refractivity contribution in [1.82, 2.24) is 5.32 Å². The molecule has 9 heteroatoms. The topological polar surface area (TPSA) is 78.8 Å². The van der Waals surface area contributed by atoms with Crippen molar-refractivity contribution >= 4 is 17.7 Å². The highest BCUT2D eigenvalue weighted by molar-refractivity contribution is 6.31. The number of carbonyl (C=O) groups excluding carboxylic acids is 1. The summed E-state index contributed by atoms with van der Waals surface area (Å²) in [4.78, 5) is 12.2. The average molecular weight is 492 g/mol. The van der Waals surface area contributed by atoms with Gasteiger partial charge in [-0.25, -0.2) is 4.79 Å². The molecule has 0 aromatic heterocycles. The van der Waals surface area contributed by atoms with Crippen molar-refractivity contribution in [3.8, 4) is 11.1 Å². The van der Waals surface area contributed by atoms with E-state index in [1.165, 1.54) is 6.07 Å². The van der Waals surface area contributed by atoms with Gasteiger partial charge in [-0.2, -0.15) is 13.2 Å². The van der Waals surface area contributed by atoms with Crippen LogP contribution in [-0.2, 0) is 10.9 Å². The molecule has 1 amide bonds. The second-order valence-electron chi connectivity index (χ2n) is 7.96. The number of aliphatic hydroxyl groups excluding tert-OH is 2. The van der Waals surface area contributed by atoms with Crippen LogP contribution in [0.3, 0.4) is 0 Å². The van der Waals surface area contributed by atoms with E-state index in [9.17, 15) is 28.2 Å². The Morgan fingerprint density at radius 3 is 2.18 bits per heavy atom. The van der Waals surface area contributed by atoms with E-state index in [0.29, 0.717) is 6.07 Å². The predicted molar refractivity (Wildman–Crippen MR) is 120 cm³/mol. The lowest BCUT2D eigenvalue weighted by molar-refractivity contribution is -0.137. The molecule has 1 aliphatic rings.